The smallest absolute Gasteiger partial charge is 0.212 e. The van der Waals surface area contributed by atoms with Crippen LogP contribution >= 0.6 is 15.9 Å². The lowest BCUT2D eigenvalue weighted by atomic mass is 10.1. The Kier molecular flexibility index (Phi) is 7.50. The van der Waals surface area contributed by atoms with Crippen LogP contribution in [0.3, 0.4) is 0 Å². The molecule has 0 amide bonds. The summed E-state index contributed by atoms with van der Waals surface area (Å²) in [5.74, 6) is 0.423. The fourth-order valence-corrected chi connectivity index (χ4v) is 4.12. The fraction of sp³-hybridized carbons (Fsp3) is 0.647. The second-order valence-electron chi connectivity index (χ2n) is 6.35. The molecule has 1 fully saturated rings. The van der Waals surface area contributed by atoms with E-state index in [9.17, 15) is 12.8 Å². The summed E-state index contributed by atoms with van der Waals surface area (Å²) in [4.78, 5) is 0. The first kappa shape index (κ1) is 19.7. The Bertz CT molecular complexity index is 635. The number of rotatable bonds is 11. The van der Waals surface area contributed by atoms with Crippen molar-refractivity contribution >= 4 is 26.0 Å². The average Bonchev–Trinajstić information content (AvgIpc) is 3.34. The van der Waals surface area contributed by atoms with Crippen LogP contribution in [0.5, 0.6) is 5.75 Å². The van der Waals surface area contributed by atoms with Crippen molar-refractivity contribution in [3.8, 4) is 5.75 Å². The Labute approximate surface area is 152 Å². The molecule has 0 spiro atoms. The number of benzene rings is 1. The molecule has 0 aromatic heterocycles. The zero-order chi connectivity index (χ0) is 17.6. The molecule has 0 heterocycles. The van der Waals surface area contributed by atoms with Gasteiger partial charge >= 0.3 is 0 Å². The van der Waals surface area contributed by atoms with Crippen LogP contribution in [0.1, 0.15) is 50.6 Å². The summed E-state index contributed by atoms with van der Waals surface area (Å²) in [6.07, 6.45) is 4.73. The minimum atomic E-state index is -3.35. The van der Waals surface area contributed by atoms with Crippen LogP contribution in [-0.4, -0.2) is 26.1 Å². The van der Waals surface area contributed by atoms with E-state index in [1.54, 1.807) is 19.1 Å². The molecule has 1 aromatic carbocycles. The highest BCUT2D eigenvalue weighted by Gasteiger charge is 2.23. The van der Waals surface area contributed by atoms with Gasteiger partial charge in [-0.1, -0.05) is 28.4 Å². The molecule has 4 nitrogen and oxygen atoms in total. The Hall–Kier alpha value is -0.660. The van der Waals surface area contributed by atoms with Crippen molar-refractivity contribution in [3.63, 3.8) is 0 Å². The van der Waals surface area contributed by atoms with E-state index < -0.39 is 21.9 Å². The average molecular weight is 422 g/mol. The number of hydrogen-bond acceptors (Lipinski definition) is 3. The SMILES string of the molecule is CC(NS(=O)(=O)CCCCCBr)c1ccc(F)c(OCC2CC2)c1. The van der Waals surface area contributed by atoms with Crippen molar-refractivity contribution in [3.05, 3.63) is 29.6 Å². The number of unbranched alkanes of at least 4 members (excludes halogenated alkanes) is 2. The van der Waals surface area contributed by atoms with Crippen LogP contribution in [-0.2, 0) is 10.0 Å². The molecular formula is C17H25BrFNO3S. The van der Waals surface area contributed by atoms with Gasteiger partial charge in [0, 0.05) is 11.4 Å². The van der Waals surface area contributed by atoms with Gasteiger partial charge in [-0.25, -0.2) is 17.5 Å². The number of halogens is 2. The Morgan fingerprint density at radius 3 is 2.75 bits per heavy atom. The number of ether oxygens (including phenoxy) is 1. The van der Waals surface area contributed by atoms with Gasteiger partial charge in [0.15, 0.2) is 11.6 Å². The summed E-state index contributed by atoms with van der Waals surface area (Å²) in [6, 6.07) is 4.10. The maximum absolute atomic E-state index is 13.8. The molecular weight excluding hydrogens is 397 g/mol. The van der Waals surface area contributed by atoms with Crippen LogP contribution in [0.25, 0.3) is 0 Å². The molecule has 0 bridgehead atoms. The summed E-state index contributed by atoms with van der Waals surface area (Å²) < 4.78 is 46.2. The number of alkyl halides is 1. The first-order chi connectivity index (χ1) is 11.4. The third-order valence-corrected chi connectivity index (χ3v) is 6.13. The predicted octanol–water partition coefficient (Wildman–Crippen LogP) is 4.16. The first-order valence-corrected chi connectivity index (χ1v) is 11.2. The fourth-order valence-electron chi connectivity index (χ4n) is 2.35. The first-order valence-electron chi connectivity index (χ1n) is 8.39. The molecule has 1 aromatic rings. The van der Waals surface area contributed by atoms with E-state index in [-0.39, 0.29) is 11.5 Å². The van der Waals surface area contributed by atoms with Gasteiger partial charge in [0.2, 0.25) is 10.0 Å². The Balaban J connectivity index is 1.92. The van der Waals surface area contributed by atoms with Crippen LogP contribution in [0.2, 0.25) is 0 Å². The number of nitrogens with one attached hydrogen (secondary N) is 1. The van der Waals surface area contributed by atoms with E-state index in [1.165, 1.54) is 6.07 Å². The summed E-state index contributed by atoms with van der Waals surface area (Å²) in [6.45, 7) is 2.28. The van der Waals surface area contributed by atoms with E-state index in [4.69, 9.17) is 4.74 Å². The van der Waals surface area contributed by atoms with Gasteiger partial charge < -0.3 is 4.74 Å². The van der Waals surface area contributed by atoms with Gasteiger partial charge in [-0.15, -0.1) is 0 Å². The zero-order valence-corrected chi connectivity index (χ0v) is 16.3. The molecule has 24 heavy (non-hydrogen) atoms. The van der Waals surface area contributed by atoms with Crippen molar-refractivity contribution < 1.29 is 17.5 Å². The predicted molar refractivity (Wildman–Crippen MR) is 97.6 cm³/mol. The normalized spacial score (nSPS) is 16.1. The molecule has 0 radical (unpaired) electrons. The minimum Gasteiger partial charge on any atom is -0.490 e. The largest absolute Gasteiger partial charge is 0.490 e. The third kappa shape index (κ3) is 6.69. The molecule has 0 aliphatic heterocycles. The lowest BCUT2D eigenvalue weighted by molar-refractivity contribution is 0.285. The van der Waals surface area contributed by atoms with Crippen LogP contribution in [0.4, 0.5) is 4.39 Å². The van der Waals surface area contributed by atoms with E-state index in [0.717, 1.165) is 31.0 Å². The van der Waals surface area contributed by atoms with E-state index in [2.05, 4.69) is 20.7 Å². The van der Waals surface area contributed by atoms with Crippen LogP contribution < -0.4 is 9.46 Å². The van der Waals surface area contributed by atoms with Gasteiger partial charge in [-0.2, -0.15) is 0 Å². The van der Waals surface area contributed by atoms with Gasteiger partial charge in [-0.3, -0.25) is 0 Å². The standard InChI is InChI=1S/C17H25BrFNO3S/c1-13(20-24(21,22)10-4-2-3-9-18)15-7-8-16(19)17(11-15)23-12-14-5-6-14/h7-8,11,13-14,20H,2-6,9-10,12H2,1H3. The molecule has 2 rings (SSSR count). The minimum absolute atomic E-state index is 0.108. The molecule has 1 aliphatic rings. The summed E-state index contributed by atoms with van der Waals surface area (Å²) in [5.41, 5.74) is 0.700. The molecule has 1 aliphatic carbocycles. The van der Waals surface area contributed by atoms with Crippen molar-refractivity contribution in [2.75, 3.05) is 17.7 Å². The molecule has 1 saturated carbocycles. The van der Waals surface area contributed by atoms with Crippen molar-refractivity contribution in [1.82, 2.24) is 4.72 Å². The Morgan fingerprint density at radius 1 is 1.33 bits per heavy atom. The second-order valence-corrected chi connectivity index (χ2v) is 9.02. The molecule has 0 saturated heterocycles. The number of sulfonamides is 1. The van der Waals surface area contributed by atoms with E-state index >= 15 is 0 Å². The van der Waals surface area contributed by atoms with Crippen molar-refractivity contribution in [1.29, 1.82) is 0 Å². The van der Waals surface area contributed by atoms with Crippen molar-refractivity contribution in [2.45, 2.75) is 45.1 Å². The Morgan fingerprint density at radius 2 is 2.08 bits per heavy atom. The molecule has 136 valence electrons. The maximum Gasteiger partial charge on any atom is 0.212 e. The lowest BCUT2D eigenvalue weighted by Gasteiger charge is -2.16. The monoisotopic (exact) mass is 421 g/mol. The van der Waals surface area contributed by atoms with Crippen LogP contribution in [0.15, 0.2) is 18.2 Å². The molecule has 7 heteroatoms. The lowest BCUT2D eigenvalue weighted by Crippen LogP contribution is -2.29. The molecule has 1 N–H and O–H groups in total. The van der Waals surface area contributed by atoms with Gasteiger partial charge in [0.25, 0.3) is 0 Å². The second kappa shape index (κ2) is 9.15. The number of hydrogen-bond donors (Lipinski definition) is 1. The summed E-state index contributed by atoms with van der Waals surface area (Å²) in [5, 5.41) is 0.885. The summed E-state index contributed by atoms with van der Waals surface area (Å²) >= 11 is 3.33. The highest BCUT2D eigenvalue weighted by molar-refractivity contribution is 9.09. The third-order valence-electron chi connectivity index (χ3n) is 4.03. The quantitative estimate of drug-likeness (QED) is 0.431. The zero-order valence-electron chi connectivity index (χ0n) is 13.9. The topological polar surface area (TPSA) is 55.4 Å². The highest BCUT2D eigenvalue weighted by atomic mass is 79.9. The molecule has 1 atom stereocenters. The van der Waals surface area contributed by atoms with Crippen LogP contribution in [0, 0.1) is 11.7 Å². The highest BCUT2D eigenvalue weighted by Crippen LogP contribution is 2.31. The van der Waals surface area contributed by atoms with Crippen molar-refractivity contribution in [2.24, 2.45) is 5.92 Å². The van der Waals surface area contributed by atoms with Gasteiger partial charge in [0.05, 0.1) is 12.4 Å². The van der Waals surface area contributed by atoms with Gasteiger partial charge in [0.1, 0.15) is 0 Å². The maximum atomic E-state index is 13.8. The van der Waals surface area contributed by atoms with E-state index in [1.807, 2.05) is 0 Å². The summed E-state index contributed by atoms with van der Waals surface area (Å²) in [7, 11) is -3.35. The molecule has 1 unspecified atom stereocenters. The van der Waals surface area contributed by atoms with E-state index in [0.29, 0.717) is 24.5 Å². The van der Waals surface area contributed by atoms with Gasteiger partial charge in [-0.05, 0) is 56.2 Å².